The Morgan fingerprint density at radius 1 is 1.10 bits per heavy atom. The molecule has 2 aromatic carbocycles. The lowest BCUT2D eigenvalue weighted by Gasteiger charge is -2.09. The van der Waals surface area contributed by atoms with E-state index in [2.05, 4.69) is 25.5 Å². The second kappa shape index (κ2) is 8.09. The third-order valence-electron chi connectivity index (χ3n) is 3.81. The molecular formula is C18H14F3N5O3. The first-order valence-corrected chi connectivity index (χ1v) is 8.20. The van der Waals surface area contributed by atoms with Crippen molar-refractivity contribution in [1.29, 1.82) is 0 Å². The molecule has 3 rings (SSSR count). The predicted molar refractivity (Wildman–Crippen MR) is 94.7 cm³/mol. The van der Waals surface area contributed by atoms with Gasteiger partial charge in [-0.05, 0) is 29.5 Å². The van der Waals surface area contributed by atoms with Gasteiger partial charge >= 0.3 is 12.1 Å². The van der Waals surface area contributed by atoms with Crippen molar-refractivity contribution >= 4 is 17.6 Å². The highest BCUT2D eigenvalue weighted by molar-refractivity contribution is 6.01. The van der Waals surface area contributed by atoms with Crippen molar-refractivity contribution in [3.8, 4) is 11.4 Å². The van der Waals surface area contributed by atoms with Crippen LogP contribution in [0.1, 0.15) is 15.9 Å². The summed E-state index contributed by atoms with van der Waals surface area (Å²) in [5.41, 5.74) is -0.0363. The number of hydrogen-bond acceptors (Lipinski definition) is 6. The van der Waals surface area contributed by atoms with Gasteiger partial charge in [-0.3, -0.25) is 4.79 Å². The van der Waals surface area contributed by atoms with E-state index in [1.165, 1.54) is 31.4 Å². The van der Waals surface area contributed by atoms with E-state index in [1.807, 2.05) is 0 Å². The number of alkyl halides is 3. The normalized spacial score (nSPS) is 11.2. The minimum atomic E-state index is -4.44. The Bertz CT molecular complexity index is 1030. The molecule has 0 radical (unpaired) electrons. The number of rotatable bonds is 5. The molecule has 1 aromatic heterocycles. The van der Waals surface area contributed by atoms with Gasteiger partial charge in [0.05, 0.1) is 23.9 Å². The Morgan fingerprint density at radius 2 is 1.79 bits per heavy atom. The van der Waals surface area contributed by atoms with E-state index >= 15 is 0 Å². The number of anilines is 1. The highest BCUT2D eigenvalue weighted by Crippen LogP contribution is 2.30. The third kappa shape index (κ3) is 4.75. The molecule has 11 heteroatoms. The molecule has 0 spiro atoms. The van der Waals surface area contributed by atoms with Gasteiger partial charge in [0.25, 0.3) is 0 Å². The van der Waals surface area contributed by atoms with E-state index in [1.54, 1.807) is 12.1 Å². The lowest BCUT2D eigenvalue weighted by atomic mass is 10.1. The summed E-state index contributed by atoms with van der Waals surface area (Å²) in [7, 11) is 1.23. The maximum absolute atomic E-state index is 12.6. The van der Waals surface area contributed by atoms with Crippen LogP contribution in [-0.4, -0.2) is 39.2 Å². The average molecular weight is 405 g/mol. The van der Waals surface area contributed by atoms with Crippen LogP contribution in [0.15, 0.2) is 48.5 Å². The van der Waals surface area contributed by atoms with Crippen molar-refractivity contribution < 1.29 is 27.5 Å². The van der Waals surface area contributed by atoms with Gasteiger partial charge < -0.3 is 10.1 Å². The summed E-state index contributed by atoms with van der Waals surface area (Å²) in [5.74, 6) is -1.07. The summed E-state index contributed by atoms with van der Waals surface area (Å²) < 4.78 is 42.5. The lowest BCUT2D eigenvalue weighted by molar-refractivity contribution is -0.137. The first kappa shape index (κ1) is 20.0. The molecule has 0 aliphatic carbocycles. The number of benzene rings is 2. The van der Waals surface area contributed by atoms with Crippen molar-refractivity contribution in [2.45, 2.75) is 12.7 Å². The van der Waals surface area contributed by atoms with Crippen LogP contribution >= 0.6 is 0 Å². The van der Waals surface area contributed by atoms with Crippen molar-refractivity contribution in [3.63, 3.8) is 0 Å². The van der Waals surface area contributed by atoms with E-state index < -0.39 is 23.6 Å². The second-order valence-corrected chi connectivity index (χ2v) is 5.80. The first-order valence-electron chi connectivity index (χ1n) is 8.20. The highest BCUT2D eigenvalue weighted by atomic mass is 19.4. The van der Waals surface area contributed by atoms with Crippen LogP contribution in [0.25, 0.3) is 11.4 Å². The zero-order valence-corrected chi connectivity index (χ0v) is 15.0. The molecule has 0 fully saturated rings. The average Bonchev–Trinajstić information content (AvgIpc) is 3.15. The van der Waals surface area contributed by atoms with E-state index in [-0.39, 0.29) is 23.6 Å². The summed E-state index contributed by atoms with van der Waals surface area (Å²) >= 11 is 0. The lowest BCUT2D eigenvalue weighted by Crippen LogP contribution is -2.22. The van der Waals surface area contributed by atoms with Gasteiger partial charge in [-0.15, -0.1) is 10.2 Å². The Morgan fingerprint density at radius 3 is 2.45 bits per heavy atom. The van der Waals surface area contributed by atoms with E-state index in [9.17, 15) is 22.8 Å². The number of nitrogens with one attached hydrogen (secondary N) is 1. The maximum Gasteiger partial charge on any atom is 0.416 e. The Hall–Kier alpha value is -3.76. The second-order valence-electron chi connectivity index (χ2n) is 5.80. The number of esters is 1. The molecule has 1 amide bonds. The number of amides is 1. The van der Waals surface area contributed by atoms with Crippen molar-refractivity contribution in [2.24, 2.45) is 0 Å². The molecule has 1 N–H and O–H groups in total. The largest absolute Gasteiger partial charge is 0.465 e. The fraction of sp³-hybridized carbons (Fsp3) is 0.167. The molecule has 0 atom stereocenters. The monoisotopic (exact) mass is 405 g/mol. The number of carbonyl (C=O) groups is 2. The number of hydrogen-bond donors (Lipinski definition) is 1. The predicted octanol–water partition coefficient (Wildman–Crippen LogP) is 2.78. The molecule has 0 saturated heterocycles. The van der Waals surface area contributed by atoms with Crippen LogP contribution in [0.4, 0.5) is 18.9 Å². The highest BCUT2D eigenvalue weighted by Gasteiger charge is 2.30. The molecule has 0 unspecified atom stereocenters. The summed E-state index contributed by atoms with van der Waals surface area (Å²) in [4.78, 5) is 25.0. The standard InChI is InChI=1S/C18H14F3N5O3/c1-29-17(28)13-4-2-3-5-14(13)22-15(27)10-26-24-16(23-25-26)11-6-8-12(9-7-11)18(19,20)21/h2-9H,10H2,1H3,(H,22,27). The zero-order chi connectivity index (χ0) is 21.0. The number of tetrazole rings is 1. The van der Waals surface area contributed by atoms with E-state index in [0.29, 0.717) is 5.56 Å². The van der Waals surface area contributed by atoms with Gasteiger partial charge in [0, 0.05) is 5.56 Å². The minimum Gasteiger partial charge on any atom is -0.465 e. The number of carbonyl (C=O) groups excluding carboxylic acids is 2. The Kier molecular flexibility index (Phi) is 5.57. The Balaban J connectivity index is 1.69. The molecule has 0 aliphatic rings. The van der Waals surface area contributed by atoms with Crippen LogP contribution in [0.5, 0.6) is 0 Å². The van der Waals surface area contributed by atoms with Crippen LogP contribution in [-0.2, 0) is 22.3 Å². The number of aromatic nitrogens is 4. The van der Waals surface area contributed by atoms with Crippen molar-refractivity contribution in [2.75, 3.05) is 12.4 Å². The molecule has 150 valence electrons. The molecular weight excluding hydrogens is 391 g/mol. The van der Waals surface area contributed by atoms with Gasteiger partial charge in [-0.1, -0.05) is 24.3 Å². The minimum absolute atomic E-state index is 0.0708. The van der Waals surface area contributed by atoms with Gasteiger partial charge in [0.2, 0.25) is 11.7 Å². The first-order chi connectivity index (χ1) is 13.8. The molecule has 29 heavy (non-hydrogen) atoms. The number of methoxy groups -OCH3 is 1. The number of nitrogens with zero attached hydrogens (tertiary/aromatic N) is 4. The number of halogens is 3. The molecule has 0 bridgehead atoms. The fourth-order valence-corrected chi connectivity index (χ4v) is 2.43. The Labute approximate surface area is 162 Å². The smallest absolute Gasteiger partial charge is 0.416 e. The fourth-order valence-electron chi connectivity index (χ4n) is 2.43. The summed E-state index contributed by atoms with van der Waals surface area (Å²) in [6.07, 6.45) is -4.44. The van der Waals surface area contributed by atoms with Crippen LogP contribution in [0, 0.1) is 0 Å². The third-order valence-corrected chi connectivity index (χ3v) is 3.81. The van der Waals surface area contributed by atoms with Gasteiger partial charge in [-0.2, -0.15) is 18.0 Å². The van der Waals surface area contributed by atoms with Crippen molar-refractivity contribution in [1.82, 2.24) is 20.2 Å². The SMILES string of the molecule is COC(=O)c1ccccc1NC(=O)Cn1nnc(-c2ccc(C(F)(F)F)cc2)n1. The number of ether oxygens (including phenoxy) is 1. The molecule has 0 aliphatic heterocycles. The van der Waals surface area contributed by atoms with Crippen LogP contribution in [0.2, 0.25) is 0 Å². The van der Waals surface area contributed by atoms with Crippen molar-refractivity contribution in [3.05, 3.63) is 59.7 Å². The van der Waals surface area contributed by atoms with Gasteiger partial charge in [0.1, 0.15) is 6.54 Å². The van der Waals surface area contributed by atoms with Crippen LogP contribution < -0.4 is 5.32 Å². The topological polar surface area (TPSA) is 99.0 Å². The van der Waals surface area contributed by atoms with E-state index in [4.69, 9.17) is 0 Å². The summed E-state index contributed by atoms with van der Waals surface area (Å²) in [6, 6.07) is 10.5. The molecule has 0 saturated carbocycles. The summed E-state index contributed by atoms with van der Waals surface area (Å²) in [6.45, 7) is -0.316. The summed E-state index contributed by atoms with van der Waals surface area (Å²) in [5, 5.41) is 14.0. The molecule has 1 heterocycles. The maximum atomic E-state index is 12.6. The van der Waals surface area contributed by atoms with Crippen LogP contribution in [0.3, 0.4) is 0 Å². The quantitative estimate of drug-likeness (QED) is 0.656. The van der Waals surface area contributed by atoms with Gasteiger partial charge in [0.15, 0.2) is 0 Å². The molecule has 8 nitrogen and oxygen atoms in total. The molecule has 3 aromatic rings. The van der Waals surface area contributed by atoms with Gasteiger partial charge in [-0.25, -0.2) is 4.79 Å². The number of para-hydroxylation sites is 1. The van der Waals surface area contributed by atoms with E-state index in [0.717, 1.165) is 16.9 Å². The zero-order valence-electron chi connectivity index (χ0n) is 15.0.